The van der Waals surface area contributed by atoms with E-state index in [-0.39, 0.29) is 6.04 Å². The Labute approximate surface area is 87.7 Å². The molecule has 0 radical (unpaired) electrons. The molecule has 0 aliphatic carbocycles. The minimum absolute atomic E-state index is 0.0646. The number of nitrogens with one attached hydrogen (secondary N) is 1. The molecule has 2 heterocycles. The third-order valence-corrected chi connectivity index (χ3v) is 2.34. The van der Waals surface area contributed by atoms with Crippen molar-refractivity contribution in [3.05, 3.63) is 18.0 Å². The number of aromatic amines is 1. The number of hydrogen-bond donors (Lipinski definition) is 2. The zero-order chi connectivity index (χ0) is 10.8. The van der Waals surface area contributed by atoms with Gasteiger partial charge in [-0.1, -0.05) is 6.92 Å². The van der Waals surface area contributed by atoms with E-state index < -0.39 is 0 Å². The first-order valence-corrected chi connectivity index (χ1v) is 4.90. The standard InChI is InChI=1S/C10H14N4O/c1-3-6(11)9-12-7-4-5-8(15-2)13-10(7)14-9/h4-6H,3,11H2,1-2H3,(H,12,13,14). The number of pyridine rings is 1. The SMILES string of the molecule is CCC(N)c1nc2nc(OC)ccc2[nH]1. The highest BCUT2D eigenvalue weighted by atomic mass is 16.5. The van der Waals surface area contributed by atoms with Gasteiger partial charge in [-0.3, -0.25) is 0 Å². The molecule has 0 saturated heterocycles. The molecule has 3 N–H and O–H groups in total. The van der Waals surface area contributed by atoms with E-state index in [0.717, 1.165) is 17.8 Å². The first-order valence-electron chi connectivity index (χ1n) is 4.90. The first-order chi connectivity index (χ1) is 7.24. The van der Waals surface area contributed by atoms with Crippen molar-refractivity contribution in [3.8, 4) is 5.88 Å². The Hall–Kier alpha value is -1.62. The van der Waals surface area contributed by atoms with E-state index in [0.29, 0.717) is 11.5 Å². The van der Waals surface area contributed by atoms with Crippen LogP contribution >= 0.6 is 0 Å². The van der Waals surface area contributed by atoms with Gasteiger partial charge in [-0.05, 0) is 12.5 Å². The average Bonchev–Trinajstić information content (AvgIpc) is 2.70. The predicted octanol–water partition coefficient (Wildman–Crippen LogP) is 1.38. The Morgan fingerprint density at radius 1 is 1.47 bits per heavy atom. The zero-order valence-corrected chi connectivity index (χ0v) is 8.82. The number of imidazole rings is 1. The van der Waals surface area contributed by atoms with Gasteiger partial charge in [0.1, 0.15) is 5.82 Å². The summed E-state index contributed by atoms with van der Waals surface area (Å²) in [7, 11) is 1.58. The molecule has 0 saturated carbocycles. The molecule has 0 aliphatic heterocycles. The molecule has 5 heteroatoms. The lowest BCUT2D eigenvalue weighted by Crippen LogP contribution is -2.10. The summed E-state index contributed by atoms with van der Waals surface area (Å²) in [4.78, 5) is 11.7. The summed E-state index contributed by atoms with van der Waals surface area (Å²) < 4.78 is 5.02. The molecule has 2 aromatic rings. The van der Waals surface area contributed by atoms with E-state index in [9.17, 15) is 0 Å². The fourth-order valence-electron chi connectivity index (χ4n) is 1.38. The van der Waals surface area contributed by atoms with Gasteiger partial charge in [-0.15, -0.1) is 0 Å². The molecule has 0 spiro atoms. The lowest BCUT2D eigenvalue weighted by atomic mass is 10.2. The molecule has 0 aliphatic rings. The second-order valence-corrected chi connectivity index (χ2v) is 3.36. The molecule has 80 valence electrons. The summed E-state index contributed by atoms with van der Waals surface area (Å²) in [6.45, 7) is 2.02. The summed E-state index contributed by atoms with van der Waals surface area (Å²) in [5.74, 6) is 1.33. The van der Waals surface area contributed by atoms with Gasteiger partial charge in [0.05, 0.1) is 18.7 Å². The fraction of sp³-hybridized carbons (Fsp3) is 0.400. The number of ether oxygens (including phenoxy) is 1. The minimum atomic E-state index is -0.0646. The quantitative estimate of drug-likeness (QED) is 0.795. The van der Waals surface area contributed by atoms with Crippen LogP contribution in [-0.4, -0.2) is 22.1 Å². The lowest BCUT2D eigenvalue weighted by molar-refractivity contribution is 0.399. The van der Waals surface area contributed by atoms with E-state index in [2.05, 4.69) is 15.0 Å². The molecule has 2 rings (SSSR count). The molecule has 0 amide bonds. The van der Waals surface area contributed by atoms with Crippen molar-refractivity contribution in [2.45, 2.75) is 19.4 Å². The number of H-pyrrole nitrogens is 1. The predicted molar refractivity (Wildman–Crippen MR) is 57.7 cm³/mol. The molecule has 1 unspecified atom stereocenters. The maximum atomic E-state index is 5.88. The van der Waals surface area contributed by atoms with Gasteiger partial charge in [-0.2, -0.15) is 4.98 Å². The van der Waals surface area contributed by atoms with Crippen LogP contribution < -0.4 is 10.5 Å². The van der Waals surface area contributed by atoms with Crippen LogP contribution in [0.4, 0.5) is 0 Å². The second-order valence-electron chi connectivity index (χ2n) is 3.36. The van der Waals surface area contributed by atoms with Crippen LogP contribution in [0, 0.1) is 0 Å². The van der Waals surface area contributed by atoms with Crippen molar-refractivity contribution in [1.82, 2.24) is 15.0 Å². The average molecular weight is 206 g/mol. The number of fused-ring (bicyclic) bond motifs is 1. The van der Waals surface area contributed by atoms with Crippen molar-refractivity contribution in [2.24, 2.45) is 5.73 Å². The molecule has 0 bridgehead atoms. The van der Waals surface area contributed by atoms with Crippen molar-refractivity contribution >= 4 is 11.2 Å². The van der Waals surface area contributed by atoms with Gasteiger partial charge in [0.25, 0.3) is 0 Å². The van der Waals surface area contributed by atoms with Crippen LogP contribution in [0.5, 0.6) is 5.88 Å². The summed E-state index contributed by atoms with van der Waals surface area (Å²) in [6, 6.07) is 3.62. The lowest BCUT2D eigenvalue weighted by Gasteiger charge is -2.01. The molecule has 1 atom stereocenters. The summed E-state index contributed by atoms with van der Waals surface area (Å²) >= 11 is 0. The van der Waals surface area contributed by atoms with Gasteiger partial charge in [0, 0.05) is 6.07 Å². The van der Waals surface area contributed by atoms with E-state index in [1.807, 2.05) is 13.0 Å². The number of rotatable bonds is 3. The molecule has 15 heavy (non-hydrogen) atoms. The summed E-state index contributed by atoms with van der Waals surface area (Å²) in [5.41, 5.74) is 7.41. The van der Waals surface area contributed by atoms with E-state index in [1.165, 1.54) is 0 Å². The first kappa shape index (κ1) is 9.92. The number of methoxy groups -OCH3 is 1. The Kier molecular flexibility index (Phi) is 2.55. The highest BCUT2D eigenvalue weighted by Crippen LogP contribution is 2.17. The highest BCUT2D eigenvalue weighted by Gasteiger charge is 2.10. The molecule has 5 nitrogen and oxygen atoms in total. The van der Waals surface area contributed by atoms with Crippen molar-refractivity contribution in [3.63, 3.8) is 0 Å². The van der Waals surface area contributed by atoms with Gasteiger partial charge < -0.3 is 15.5 Å². The zero-order valence-electron chi connectivity index (χ0n) is 8.82. The number of nitrogens with zero attached hydrogens (tertiary/aromatic N) is 2. The summed E-state index contributed by atoms with van der Waals surface area (Å²) in [5, 5.41) is 0. The maximum Gasteiger partial charge on any atom is 0.215 e. The largest absolute Gasteiger partial charge is 0.481 e. The highest BCUT2D eigenvalue weighted by molar-refractivity contribution is 5.71. The van der Waals surface area contributed by atoms with E-state index in [1.54, 1.807) is 13.2 Å². The van der Waals surface area contributed by atoms with Crippen LogP contribution in [0.1, 0.15) is 25.2 Å². The van der Waals surface area contributed by atoms with Crippen LogP contribution in [0.25, 0.3) is 11.2 Å². The molecular formula is C10H14N4O. The number of aromatic nitrogens is 3. The topological polar surface area (TPSA) is 76.8 Å². The van der Waals surface area contributed by atoms with Crippen LogP contribution in [0.3, 0.4) is 0 Å². The van der Waals surface area contributed by atoms with Crippen LogP contribution in [0.15, 0.2) is 12.1 Å². The number of hydrogen-bond acceptors (Lipinski definition) is 4. The van der Waals surface area contributed by atoms with Gasteiger partial charge in [0.15, 0.2) is 5.65 Å². The van der Waals surface area contributed by atoms with E-state index in [4.69, 9.17) is 10.5 Å². The third kappa shape index (κ3) is 1.78. The molecule has 2 aromatic heterocycles. The van der Waals surface area contributed by atoms with Crippen molar-refractivity contribution in [1.29, 1.82) is 0 Å². The second kappa shape index (κ2) is 3.86. The molecule has 0 aromatic carbocycles. The number of nitrogens with two attached hydrogens (primary N) is 1. The maximum absolute atomic E-state index is 5.88. The van der Waals surface area contributed by atoms with Crippen molar-refractivity contribution in [2.75, 3.05) is 7.11 Å². The molecular weight excluding hydrogens is 192 g/mol. The van der Waals surface area contributed by atoms with Crippen LogP contribution in [0.2, 0.25) is 0 Å². The Bertz CT molecular complexity index is 465. The smallest absolute Gasteiger partial charge is 0.215 e. The Morgan fingerprint density at radius 3 is 2.93 bits per heavy atom. The van der Waals surface area contributed by atoms with Gasteiger partial charge in [0.2, 0.25) is 5.88 Å². The van der Waals surface area contributed by atoms with E-state index >= 15 is 0 Å². The Morgan fingerprint density at radius 2 is 2.27 bits per heavy atom. The summed E-state index contributed by atoms with van der Waals surface area (Å²) in [6.07, 6.45) is 0.844. The monoisotopic (exact) mass is 206 g/mol. The molecule has 0 fully saturated rings. The van der Waals surface area contributed by atoms with Gasteiger partial charge in [-0.25, -0.2) is 4.98 Å². The fourth-order valence-corrected chi connectivity index (χ4v) is 1.38. The Balaban J connectivity index is 2.46. The van der Waals surface area contributed by atoms with Gasteiger partial charge >= 0.3 is 0 Å². The van der Waals surface area contributed by atoms with Crippen molar-refractivity contribution < 1.29 is 4.74 Å². The van der Waals surface area contributed by atoms with Crippen LogP contribution in [-0.2, 0) is 0 Å². The third-order valence-electron chi connectivity index (χ3n) is 2.34. The minimum Gasteiger partial charge on any atom is -0.481 e. The normalized spacial score (nSPS) is 13.0.